The van der Waals surface area contributed by atoms with Crippen LogP contribution in [0.4, 0.5) is 5.69 Å². The van der Waals surface area contributed by atoms with E-state index in [-0.39, 0.29) is 6.10 Å². The van der Waals surface area contributed by atoms with Gasteiger partial charge in [-0.05, 0) is 18.1 Å². The Bertz CT molecular complexity index is 349. The van der Waals surface area contributed by atoms with Crippen LogP contribution in [0.15, 0.2) is 18.2 Å². The standard InChI is InChI=1S/C12H17NO2/c1-8(2)12-7-13-10-6-9(14-3)4-5-11(10)15-12/h4-6,8,12-13H,7H2,1-3H3. The van der Waals surface area contributed by atoms with Crippen molar-refractivity contribution in [3.63, 3.8) is 0 Å². The molecule has 15 heavy (non-hydrogen) atoms. The Morgan fingerprint density at radius 1 is 1.47 bits per heavy atom. The third-order valence-electron chi connectivity index (χ3n) is 2.70. The summed E-state index contributed by atoms with van der Waals surface area (Å²) in [5.74, 6) is 2.29. The maximum absolute atomic E-state index is 5.87. The van der Waals surface area contributed by atoms with Crippen LogP contribution in [-0.2, 0) is 0 Å². The molecule has 2 rings (SSSR count). The number of ether oxygens (including phenoxy) is 2. The van der Waals surface area contributed by atoms with Gasteiger partial charge in [-0.15, -0.1) is 0 Å². The summed E-state index contributed by atoms with van der Waals surface area (Å²) in [7, 11) is 1.67. The highest BCUT2D eigenvalue weighted by Crippen LogP contribution is 2.33. The predicted molar refractivity (Wildman–Crippen MR) is 60.7 cm³/mol. The fourth-order valence-corrected chi connectivity index (χ4v) is 1.66. The van der Waals surface area contributed by atoms with Crippen LogP contribution in [0.2, 0.25) is 0 Å². The Hall–Kier alpha value is -1.38. The summed E-state index contributed by atoms with van der Waals surface area (Å²) in [6.07, 6.45) is 0.255. The number of anilines is 1. The monoisotopic (exact) mass is 207 g/mol. The number of benzene rings is 1. The topological polar surface area (TPSA) is 30.5 Å². The van der Waals surface area contributed by atoms with E-state index >= 15 is 0 Å². The average molecular weight is 207 g/mol. The van der Waals surface area contributed by atoms with Gasteiger partial charge < -0.3 is 14.8 Å². The van der Waals surface area contributed by atoms with Gasteiger partial charge in [0.1, 0.15) is 17.6 Å². The van der Waals surface area contributed by atoms with E-state index in [4.69, 9.17) is 9.47 Å². The van der Waals surface area contributed by atoms with Gasteiger partial charge >= 0.3 is 0 Å². The molecule has 0 spiro atoms. The molecule has 3 nitrogen and oxygen atoms in total. The molecule has 82 valence electrons. The summed E-state index contributed by atoms with van der Waals surface area (Å²) in [5.41, 5.74) is 1.02. The van der Waals surface area contributed by atoms with Crippen LogP contribution in [0.25, 0.3) is 0 Å². The second-order valence-electron chi connectivity index (χ2n) is 4.14. The Morgan fingerprint density at radius 3 is 2.93 bits per heavy atom. The number of rotatable bonds is 2. The molecule has 0 aromatic heterocycles. The van der Waals surface area contributed by atoms with Crippen molar-refractivity contribution in [1.82, 2.24) is 0 Å². The van der Waals surface area contributed by atoms with Gasteiger partial charge in [0.15, 0.2) is 0 Å². The van der Waals surface area contributed by atoms with Crippen molar-refractivity contribution in [3.05, 3.63) is 18.2 Å². The SMILES string of the molecule is COc1ccc2c(c1)NCC(C(C)C)O2. The van der Waals surface area contributed by atoms with Gasteiger partial charge in [0.2, 0.25) is 0 Å². The first-order valence-corrected chi connectivity index (χ1v) is 5.29. The van der Waals surface area contributed by atoms with Gasteiger partial charge in [-0.25, -0.2) is 0 Å². The molecule has 0 amide bonds. The zero-order chi connectivity index (χ0) is 10.8. The smallest absolute Gasteiger partial charge is 0.143 e. The largest absolute Gasteiger partial charge is 0.497 e. The molecule has 0 aliphatic carbocycles. The van der Waals surface area contributed by atoms with Gasteiger partial charge in [-0.3, -0.25) is 0 Å². The highest BCUT2D eigenvalue weighted by Gasteiger charge is 2.21. The van der Waals surface area contributed by atoms with E-state index in [2.05, 4.69) is 19.2 Å². The highest BCUT2D eigenvalue weighted by molar-refractivity contribution is 5.61. The maximum Gasteiger partial charge on any atom is 0.143 e. The number of hydrogen-bond donors (Lipinski definition) is 1. The van der Waals surface area contributed by atoms with Gasteiger partial charge in [-0.2, -0.15) is 0 Å². The molecular formula is C12H17NO2. The van der Waals surface area contributed by atoms with E-state index in [0.29, 0.717) is 5.92 Å². The number of methoxy groups -OCH3 is 1. The molecule has 1 aromatic carbocycles. The number of hydrogen-bond acceptors (Lipinski definition) is 3. The Labute approximate surface area is 90.4 Å². The third kappa shape index (κ3) is 2.01. The summed E-state index contributed by atoms with van der Waals surface area (Å²) in [6.45, 7) is 5.19. The van der Waals surface area contributed by atoms with Crippen LogP contribution < -0.4 is 14.8 Å². The first-order chi connectivity index (χ1) is 7.20. The van der Waals surface area contributed by atoms with Crippen molar-refractivity contribution in [2.75, 3.05) is 19.0 Å². The van der Waals surface area contributed by atoms with E-state index < -0.39 is 0 Å². The molecule has 0 fully saturated rings. The summed E-state index contributed by atoms with van der Waals surface area (Å²) in [6, 6.07) is 5.84. The first-order valence-electron chi connectivity index (χ1n) is 5.29. The molecular weight excluding hydrogens is 190 g/mol. The lowest BCUT2D eigenvalue weighted by atomic mass is 10.1. The second kappa shape index (κ2) is 4.01. The van der Waals surface area contributed by atoms with Crippen molar-refractivity contribution in [1.29, 1.82) is 0 Å². The minimum atomic E-state index is 0.255. The number of nitrogens with one attached hydrogen (secondary N) is 1. The lowest BCUT2D eigenvalue weighted by Crippen LogP contribution is -2.34. The van der Waals surface area contributed by atoms with Gasteiger partial charge in [0.25, 0.3) is 0 Å². The zero-order valence-electron chi connectivity index (χ0n) is 9.41. The van der Waals surface area contributed by atoms with Crippen LogP contribution in [-0.4, -0.2) is 19.8 Å². The quantitative estimate of drug-likeness (QED) is 0.808. The first kappa shape index (κ1) is 10.1. The third-order valence-corrected chi connectivity index (χ3v) is 2.70. The highest BCUT2D eigenvalue weighted by atomic mass is 16.5. The van der Waals surface area contributed by atoms with Gasteiger partial charge in [0, 0.05) is 6.07 Å². The minimum Gasteiger partial charge on any atom is -0.497 e. The fourth-order valence-electron chi connectivity index (χ4n) is 1.66. The lowest BCUT2D eigenvalue weighted by molar-refractivity contribution is 0.156. The van der Waals surface area contributed by atoms with Crippen molar-refractivity contribution in [2.24, 2.45) is 5.92 Å². The molecule has 3 heteroatoms. The minimum absolute atomic E-state index is 0.255. The predicted octanol–water partition coefficient (Wildman–Crippen LogP) is 2.52. The normalized spacial score (nSPS) is 19.1. The molecule has 1 aliphatic heterocycles. The number of fused-ring (bicyclic) bond motifs is 1. The molecule has 0 radical (unpaired) electrons. The van der Waals surface area contributed by atoms with Crippen molar-refractivity contribution in [2.45, 2.75) is 20.0 Å². The molecule has 1 aromatic rings. The molecule has 1 N–H and O–H groups in total. The summed E-state index contributed by atoms with van der Waals surface area (Å²) in [5, 5.41) is 3.36. The summed E-state index contributed by atoms with van der Waals surface area (Å²) >= 11 is 0. The molecule has 1 unspecified atom stereocenters. The van der Waals surface area contributed by atoms with Crippen LogP contribution >= 0.6 is 0 Å². The van der Waals surface area contributed by atoms with E-state index in [1.807, 2.05) is 18.2 Å². The Balaban J connectivity index is 2.21. The van der Waals surface area contributed by atoms with Crippen LogP contribution in [0.1, 0.15) is 13.8 Å². The van der Waals surface area contributed by atoms with Crippen LogP contribution in [0.5, 0.6) is 11.5 Å². The lowest BCUT2D eigenvalue weighted by Gasteiger charge is -2.30. The van der Waals surface area contributed by atoms with Crippen LogP contribution in [0.3, 0.4) is 0 Å². The maximum atomic E-state index is 5.87. The molecule has 1 heterocycles. The van der Waals surface area contributed by atoms with Gasteiger partial charge in [0.05, 0.1) is 19.3 Å². The van der Waals surface area contributed by atoms with Crippen LogP contribution in [0, 0.1) is 5.92 Å². The average Bonchev–Trinajstić information content (AvgIpc) is 2.27. The Morgan fingerprint density at radius 2 is 2.27 bits per heavy atom. The van der Waals surface area contributed by atoms with Crippen molar-refractivity contribution < 1.29 is 9.47 Å². The molecule has 0 saturated carbocycles. The molecule has 0 saturated heterocycles. The molecule has 1 atom stereocenters. The molecule has 0 bridgehead atoms. The zero-order valence-corrected chi connectivity index (χ0v) is 9.41. The van der Waals surface area contributed by atoms with E-state index in [0.717, 1.165) is 23.7 Å². The molecule has 1 aliphatic rings. The van der Waals surface area contributed by atoms with Crippen molar-refractivity contribution in [3.8, 4) is 11.5 Å². The summed E-state index contributed by atoms with van der Waals surface area (Å²) < 4.78 is 11.0. The van der Waals surface area contributed by atoms with E-state index in [1.165, 1.54) is 0 Å². The fraction of sp³-hybridized carbons (Fsp3) is 0.500. The van der Waals surface area contributed by atoms with Crippen molar-refractivity contribution >= 4 is 5.69 Å². The second-order valence-corrected chi connectivity index (χ2v) is 4.14. The van der Waals surface area contributed by atoms with Gasteiger partial charge in [-0.1, -0.05) is 13.8 Å². The van der Waals surface area contributed by atoms with E-state index in [1.54, 1.807) is 7.11 Å². The summed E-state index contributed by atoms with van der Waals surface area (Å²) in [4.78, 5) is 0. The van der Waals surface area contributed by atoms with E-state index in [9.17, 15) is 0 Å². The Kier molecular flexibility index (Phi) is 2.71.